The molecule has 0 radical (unpaired) electrons. The Labute approximate surface area is 109 Å². The van der Waals surface area contributed by atoms with Gasteiger partial charge in [0.1, 0.15) is 5.78 Å². The van der Waals surface area contributed by atoms with Gasteiger partial charge in [0.2, 0.25) is 0 Å². The fourth-order valence-corrected chi connectivity index (χ4v) is 1.97. The number of ketones is 1. The van der Waals surface area contributed by atoms with Crippen molar-refractivity contribution in [2.24, 2.45) is 5.92 Å². The molecule has 0 atom stereocenters. The molecular weight excluding hydrogens is 228 g/mol. The van der Waals surface area contributed by atoms with Crippen LogP contribution in [0.25, 0.3) is 0 Å². The molecule has 0 fully saturated rings. The van der Waals surface area contributed by atoms with E-state index in [0.717, 1.165) is 25.7 Å². The zero-order valence-corrected chi connectivity index (χ0v) is 11.1. The Balaban J connectivity index is 1.95. The maximum atomic E-state index is 11.7. The number of unbranched alkanes of at least 4 members (excludes halogenated alkanes) is 3. The first kappa shape index (κ1) is 14.7. The van der Waals surface area contributed by atoms with Crippen LogP contribution in [0.15, 0.2) is 24.3 Å². The molecule has 0 unspecified atom stereocenters. The molecule has 0 aromatic rings. The minimum Gasteiger partial charge on any atom is -0.466 e. The van der Waals surface area contributed by atoms with Crippen molar-refractivity contribution in [3.8, 4) is 0 Å². The quantitative estimate of drug-likeness (QED) is 0.466. The van der Waals surface area contributed by atoms with Crippen LogP contribution < -0.4 is 0 Å². The normalized spacial score (nSPS) is 14.1. The number of hydrogen-bond acceptors (Lipinski definition) is 3. The van der Waals surface area contributed by atoms with Gasteiger partial charge in [0, 0.05) is 12.8 Å². The van der Waals surface area contributed by atoms with E-state index in [1.54, 1.807) is 0 Å². The van der Waals surface area contributed by atoms with Crippen molar-refractivity contribution in [1.29, 1.82) is 0 Å². The molecule has 3 heteroatoms. The summed E-state index contributed by atoms with van der Waals surface area (Å²) in [6.07, 6.45) is 12.6. The second-order valence-electron chi connectivity index (χ2n) is 4.48. The van der Waals surface area contributed by atoms with Crippen molar-refractivity contribution in [2.45, 2.75) is 45.4 Å². The number of hydrogen-bond donors (Lipinski definition) is 0. The molecule has 100 valence electrons. The molecule has 0 aliphatic heterocycles. The second kappa shape index (κ2) is 8.67. The summed E-state index contributed by atoms with van der Waals surface area (Å²) in [7, 11) is 0. The zero-order valence-electron chi connectivity index (χ0n) is 11.1. The van der Waals surface area contributed by atoms with Crippen LogP contribution in [0, 0.1) is 5.92 Å². The van der Waals surface area contributed by atoms with E-state index in [2.05, 4.69) is 0 Å². The molecule has 1 rings (SSSR count). The smallest absolute Gasteiger partial charge is 0.305 e. The summed E-state index contributed by atoms with van der Waals surface area (Å²) in [6.45, 7) is 2.27. The van der Waals surface area contributed by atoms with Gasteiger partial charge in [-0.25, -0.2) is 0 Å². The molecule has 0 aromatic carbocycles. The minimum absolute atomic E-state index is 0.00420. The van der Waals surface area contributed by atoms with Gasteiger partial charge in [0.05, 0.1) is 12.5 Å². The van der Waals surface area contributed by atoms with Crippen molar-refractivity contribution in [1.82, 2.24) is 0 Å². The Morgan fingerprint density at radius 1 is 1.00 bits per heavy atom. The van der Waals surface area contributed by atoms with E-state index < -0.39 is 0 Å². The number of ether oxygens (including phenoxy) is 1. The van der Waals surface area contributed by atoms with Gasteiger partial charge in [0.25, 0.3) is 0 Å². The van der Waals surface area contributed by atoms with Crippen molar-refractivity contribution in [3.05, 3.63) is 24.3 Å². The molecule has 0 N–H and O–H groups in total. The maximum Gasteiger partial charge on any atom is 0.305 e. The van der Waals surface area contributed by atoms with Crippen molar-refractivity contribution in [2.75, 3.05) is 6.61 Å². The van der Waals surface area contributed by atoms with Crippen LogP contribution in [-0.2, 0) is 14.3 Å². The lowest BCUT2D eigenvalue weighted by Crippen LogP contribution is -2.07. The van der Waals surface area contributed by atoms with Crippen molar-refractivity contribution < 1.29 is 14.3 Å². The predicted molar refractivity (Wildman–Crippen MR) is 71.1 cm³/mol. The highest BCUT2D eigenvalue weighted by Gasteiger charge is 2.13. The van der Waals surface area contributed by atoms with Crippen LogP contribution in [0.3, 0.4) is 0 Å². The van der Waals surface area contributed by atoms with Crippen LogP contribution >= 0.6 is 0 Å². The van der Waals surface area contributed by atoms with Gasteiger partial charge >= 0.3 is 5.97 Å². The molecular formula is C15H22O3. The van der Waals surface area contributed by atoms with Gasteiger partial charge in [-0.3, -0.25) is 9.59 Å². The van der Waals surface area contributed by atoms with E-state index in [0.29, 0.717) is 25.2 Å². The zero-order chi connectivity index (χ0) is 13.2. The van der Waals surface area contributed by atoms with Crippen LogP contribution in [0.4, 0.5) is 0 Å². The van der Waals surface area contributed by atoms with E-state index >= 15 is 0 Å². The lowest BCUT2D eigenvalue weighted by molar-refractivity contribution is -0.143. The molecule has 0 spiro atoms. The van der Waals surface area contributed by atoms with Gasteiger partial charge in [-0.05, 0) is 19.8 Å². The first-order valence-electron chi connectivity index (χ1n) is 6.77. The van der Waals surface area contributed by atoms with Gasteiger partial charge < -0.3 is 4.74 Å². The minimum atomic E-state index is -0.116. The standard InChI is InChI=1S/C15H22O3/c1-2-18-15(17)12-6-4-3-5-11-14(16)13-9-7-8-10-13/h7-10,13H,2-6,11-12H2,1H3. The SMILES string of the molecule is CCOC(=O)CCCCCCC(=O)C1C=CC=C1. The average molecular weight is 250 g/mol. The number of carbonyl (C=O) groups is 2. The fourth-order valence-electron chi connectivity index (χ4n) is 1.97. The third-order valence-corrected chi connectivity index (χ3v) is 2.98. The van der Waals surface area contributed by atoms with E-state index in [1.165, 1.54) is 0 Å². The summed E-state index contributed by atoms with van der Waals surface area (Å²) in [6, 6.07) is 0. The number of carbonyl (C=O) groups excluding carboxylic acids is 2. The van der Waals surface area contributed by atoms with Gasteiger partial charge in [0.15, 0.2) is 0 Å². The lowest BCUT2D eigenvalue weighted by Gasteiger charge is -2.04. The molecule has 1 aliphatic carbocycles. The molecule has 0 aromatic heterocycles. The summed E-state index contributed by atoms with van der Waals surface area (Å²) in [5, 5.41) is 0. The molecule has 18 heavy (non-hydrogen) atoms. The van der Waals surface area contributed by atoms with E-state index in [9.17, 15) is 9.59 Å². The third-order valence-electron chi connectivity index (χ3n) is 2.98. The van der Waals surface area contributed by atoms with Gasteiger partial charge in [-0.2, -0.15) is 0 Å². The van der Waals surface area contributed by atoms with E-state index in [-0.39, 0.29) is 11.9 Å². The summed E-state index contributed by atoms with van der Waals surface area (Å²) < 4.78 is 4.85. The Morgan fingerprint density at radius 2 is 1.61 bits per heavy atom. The molecule has 3 nitrogen and oxygen atoms in total. The monoisotopic (exact) mass is 250 g/mol. The summed E-state index contributed by atoms with van der Waals surface area (Å²) in [5.41, 5.74) is 0. The Hall–Kier alpha value is -1.38. The number of allylic oxidation sites excluding steroid dienone is 4. The van der Waals surface area contributed by atoms with Gasteiger partial charge in [-0.15, -0.1) is 0 Å². The highest BCUT2D eigenvalue weighted by atomic mass is 16.5. The first-order chi connectivity index (χ1) is 8.74. The summed E-state index contributed by atoms with van der Waals surface area (Å²) >= 11 is 0. The molecule has 0 bridgehead atoms. The van der Waals surface area contributed by atoms with Crippen molar-refractivity contribution >= 4 is 11.8 Å². The topological polar surface area (TPSA) is 43.4 Å². The third kappa shape index (κ3) is 5.80. The lowest BCUT2D eigenvalue weighted by atomic mass is 10.00. The Kier molecular flexibility index (Phi) is 7.07. The summed E-state index contributed by atoms with van der Waals surface area (Å²) in [4.78, 5) is 22.8. The molecule has 0 saturated heterocycles. The second-order valence-corrected chi connectivity index (χ2v) is 4.48. The highest BCUT2D eigenvalue weighted by molar-refractivity contribution is 5.85. The highest BCUT2D eigenvalue weighted by Crippen LogP contribution is 2.15. The van der Waals surface area contributed by atoms with E-state index in [1.807, 2.05) is 31.2 Å². The predicted octanol–water partition coefficient (Wildman–Crippen LogP) is 3.20. The molecule has 0 heterocycles. The molecule has 0 saturated carbocycles. The first-order valence-corrected chi connectivity index (χ1v) is 6.77. The molecule has 0 amide bonds. The Morgan fingerprint density at radius 3 is 2.22 bits per heavy atom. The van der Waals surface area contributed by atoms with E-state index in [4.69, 9.17) is 4.74 Å². The van der Waals surface area contributed by atoms with Crippen LogP contribution in [0.1, 0.15) is 45.4 Å². The van der Waals surface area contributed by atoms with Gasteiger partial charge in [-0.1, -0.05) is 37.1 Å². The number of esters is 1. The van der Waals surface area contributed by atoms with Crippen molar-refractivity contribution in [3.63, 3.8) is 0 Å². The number of Topliss-reactive ketones (excluding diaryl/α,β-unsaturated/α-hetero) is 1. The van der Waals surface area contributed by atoms with Crippen LogP contribution in [0.5, 0.6) is 0 Å². The van der Waals surface area contributed by atoms with Crippen LogP contribution in [-0.4, -0.2) is 18.4 Å². The fraction of sp³-hybridized carbons (Fsp3) is 0.600. The molecule has 1 aliphatic rings. The largest absolute Gasteiger partial charge is 0.466 e. The average Bonchev–Trinajstić information content (AvgIpc) is 2.87. The Bertz CT molecular complexity index is 317. The maximum absolute atomic E-state index is 11.7. The van der Waals surface area contributed by atoms with Crippen LogP contribution in [0.2, 0.25) is 0 Å². The summed E-state index contributed by atoms with van der Waals surface area (Å²) in [5.74, 6) is 0.185. The number of rotatable bonds is 9.